The number of nitrogens with zero attached hydrogens (tertiary/aromatic N) is 2. The van der Waals surface area contributed by atoms with Gasteiger partial charge in [0.05, 0.1) is 5.56 Å². The molecular formula is C14H11BrClF3N2. The smallest absolute Gasteiger partial charge is 0.233 e. The molecule has 0 fully saturated rings. The van der Waals surface area contributed by atoms with E-state index in [0.29, 0.717) is 16.6 Å². The Morgan fingerprint density at radius 1 is 1.19 bits per heavy atom. The third-order valence-corrected chi connectivity index (χ3v) is 3.47. The zero-order chi connectivity index (χ0) is 15.6. The van der Waals surface area contributed by atoms with Crippen LogP contribution < -0.4 is 0 Å². The van der Waals surface area contributed by atoms with Gasteiger partial charge >= 0.3 is 6.18 Å². The van der Waals surface area contributed by atoms with Crippen LogP contribution in [0.15, 0.2) is 28.7 Å². The molecule has 0 amide bonds. The molecule has 0 aliphatic heterocycles. The highest BCUT2D eigenvalue weighted by Crippen LogP contribution is 2.37. The van der Waals surface area contributed by atoms with Gasteiger partial charge in [0, 0.05) is 15.7 Å². The second-order valence-corrected chi connectivity index (χ2v) is 5.75. The lowest BCUT2D eigenvalue weighted by Crippen LogP contribution is -2.09. The number of halogens is 5. The molecular weight excluding hydrogens is 369 g/mol. The van der Waals surface area contributed by atoms with Crippen LogP contribution in [-0.4, -0.2) is 9.97 Å². The third-order valence-electron chi connectivity index (χ3n) is 2.78. The summed E-state index contributed by atoms with van der Waals surface area (Å²) >= 11 is 8.94. The average molecular weight is 380 g/mol. The highest BCUT2D eigenvalue weighted by atomic mass is 79.9. The van der Waals surface area contributed by atoms with Crippen molar-refractivity contribution in [2.45, 2.75) is 25.9 Å². The van der Waals surface area contributed by atoms with Crippen LogP contribution in [0.4, 0.5) is 13.2 Å². The van der Waals surface area contributed by atoms with Crippen molar-refractivity contribution in [2.75, 3.05) is 0 Å². The highest BCUT2D eigenvalue weighted by Gasteiger charge is 2.34. The number of alkyl halides is 3. The lowest BCUT2D eigenvalue weighted by molar-refractivity contribution is -0.137. The summed E-state index contributed by atoms with van der Waals surface area (Å²) in [5, 5.41) is 0.138. The molecule has 1 heterocycles. The van der Waals surface area contributed by atoms with Crippen LogP contribution in [0.5, 0.6) is 0 Å². The largest absolute Gasteiger partial charge is 0.417 e. The zero-order valence-corrected chi connectivity index (χ0v) is 13.3. The molecule has 0 unspecified atom stereocenters. The van der Waals surface area contributed by atoms with Gasteiger partial charge in [0.2, 0.25) is 0 Å². The van der Waals surface area contributed by atoms with Gasteiger partial charge < -0.3 is 0 Å². The number of rotatable bonds is 3. The summed E-state index contributed by atoms with van der Waals surface area (Å²) in [4.78, 5) is 8.12. The lowest BCUT2D eigenvalue weighted by atomic mass is 10.1. The minimum atomic E-state index is -4.49. The van der Waals surface area contributed by atoms with E-state index in [4.69, 9.17) is 11.6 Å². The van der Waals surface area contributed by atoms with Crippen LogP contribution in [-0.2, 0) is 12.6 Å². The van der Waals surface area contributed by atoms with Crippen LogP contribution in [0.25, 0.3) is 11.4 Å². The number of benzene rings is 1. The molecule has 2 aromatic rings. The molecule has 0 aliphatic carbocycles. The molecule has 1 aromatic carbocycles. The number of aromatic nitrogens is 2. The predicted molar refractivity (Wildman–Crippen MR) is 79.2 cm³/mol. The topological polar surface area (TPSA) is 25.8 Å². The molecule has 0 spiro atoms. The van der Waals surface area contributed by atoms with Gasteiger partial charge in [0.15, 0.2) is 5.82 Å². The minimum absolute atomic E-state index is 0.00854. The van der Waals surface area contributed by atoms with Crippen LogP contribution in [0.1, 0.15) is 24.6 Å². The Hall–Kier alpha value is -1.14. The van der Waals surface area contributed by atoms with Crippen molar-refractivity contribution in [3.8, 4) is 11.4 Å². The Bertz CT molecular complexity index is 659. The number of aryl methyl sites for hydroxylation is 1. The first kappa shape index (κ1) is 16.2. The van der Waals surface area contributed by atoms with Crippen LogP contribution in [0.3, 0.4) is 0 Å². The number of hydrogen-bond donors (Lipinski definition) is 0. The monoisotopic (exact) mass is 378 g/mol. The van der Waals surface area contributed by atoms with Crippen LogP contribution in [0.2, 0.25) is 5.15 Å². The fraction of sp³-hybridized carbons (Fsp3) is 0.286. The molecule has 7 heteroatoms. The van der Waals surface area contributed by atoms with E-state index in [2.05, 4.69) is 25.9 Å². The van der Waals surface area contributed by atoms with E-state index in [1.54, 1.807) is 6.07 Å². The Labute approximate surface area is 133 Å². The van der Waals surface area contributed by atoms with Crippen molar-refractivity contribution in [1.29, 1.82) is 0 Å². The molecule has 0 saturated carbocycles. The van der Waals surface area contributed by atoms with E-state index in [0.717, 1.165) is 12.5 Å². The fourth-order valence-electron chi connectivity index (χ4n) is 1.91. The van der Waals surface area contributed by atoms with Crippen LogP contribution in [0, 0.1) is 0 Å². The first-order valence-electron chi connectivity index (χ1n) is 6.22. The predicted octanol–water partition coefficient (Wildman–Crippen LogP) is 5.53. The summed E-state index contributed by atoms with van der Waals surface area (Å²) in [5.74, 6) is -0.00854. The van der Waals surface area contributed by atoms with Crippen molar-refractivity contribution in [1.82, 2.24) is 9.97 Å². The maximum absolute atomic E-state index is 13.2. The molecule has 0 N–H and O–H groups in total. The Morgan fingerprint density at radius 2 is 1.90 bits per heavy atom. The van der Waals surface area contributed by atoms with Gasteiger partial charge in [0.25, 0.3) is 0 Å². The van der Waals surface area contributed by atoms with Crippen molar-refractivity contribution in [3.05, 3.63) is 45.1 Å². The molecule has 1 aromatic heterocycles. The second kappa shape index (κ2) is 6.32. The van der Waals surface area contributed by atoms with Gasteiger partial charge in [-0.1, -0.05) is 40.9 Å². The molecule has 2 nitrogen and oxygen atoms in total. The third kappa shape index (κ3) is 3.95. The number of hydrogen-bond acceptors (Lipinski definition) is 2. The van der Waals surface area contributed by atoms with Gasteiger partial charge in [-0.15, -0.1) is 0 Å². The Morgan fingerprint density at radius 3 is 2.52 bits per heavy atom. The highest BCUT2D eigenvalue weighted by molar-refractivity contribution is 9.10. The van der Waals surface area contributed by atoms with Crippen molar-refractivity contribution >= 4 is 27.5 Å². The van der Waals surface area contributed by atoms with E-state index in [-0.39, 0.29) is 16.5 Å². The zero-order valence-electron chi connectivity index (χ0n) is 11.0. The molecule has 0 aliphatic rings. The molecule has 0 bridgehead atoms. The molecule has 0 saturated heterocycles. The maximum Gasteiger partial charge on any atom is 0.417 e. The van der Waals surface area contributed by atoms with Crippen molar-refractivity contribution in [2.24, 2.45) is 0 Å². The normalized spacial score (nSPS) is 11.7. The van der Waals surface area contributed by atoms with Gasteiger partial charge in [-0.25, -0.2) is 9.97 Å². The molecule has 112 valence electrons. The standard InChI is InChI=1S/C14H11BrClF3N2/c1-2-3-9-7-12(16)21-13(20-9)10-5-4-8(15)6-11(10)14(17,18)19/h4-7H,2-3H2,1H3. The molecule has 0 atom stereocenters. The average Bonchev–Trinajstić information content (AvgIpc) is 2.37. The Kier molecular flexibility index (Phi) is 4.88. The lowest BCUT2D eigenvalue weighted by Gasteiger charge is -2.13. The van der Waals surface area contributed by atoms with E-state index < -0.39 is 11.7 Å². The summed E-state index contributed by atoms with van der Waals surface area (Å²) in [6.07, 6.45) is -3.04. The second-order valence-electron chi connectivity index (χ2n) is 4.44. The van der Waals surface area contributed by atoms with E-state index in [1.807, 2.05) is 6.92 Å². The molecule has 21 heavy (non-hydrogen) atoms. The van der Waals surface area contributed by atoms with Gasteiger partial charge in [-0.2, -0.15) is 13.2 Å². The SMILES string of the molecule is CCCc1cc(Cl)nc(-c2ccc(Br)cc2C(F)(F)F)n1. The summed E-state index contributed by atoms with van der Waals surface area (Å²) in [6, 6.07) is 5.45. The Balaban J connectivity index is 2.61. The van der Waals surface area contributed by atoms with E-state index >= 15 is 0 Å². The molecule has 2 rings (SSSR count). The summed E-state index contributed by atoms with van der Waals surface area (Å²) in [7, 11) is 0. The quantitative estimate of drug-likeness (QED) is 0.655. The fourth-order valence-corrected chi connectivity index (χ4v) is 2.48. The summed E-state index contributed by atoms with van der Waals surface area (Å²) in [5.41, 5.74) is -0.240. The first-order chi connectivity index (χ1) is 9.81. The van der Waals surface area contributed by atoms with Crippen LogP contribution >= 0.6 is 27.5 Å². The van der Waals surface area contributed by atoms with E-state index in [1.165, 1.54) is 12.1 Å². The maximum atomic E-state index is 13.2. The first-order valence-corrected chi connectivity index (χ1v) is 7.39. The summed E-state index contributed by atoms with van der Waals surface area (Å²) in [6.45, 7) is 1.95. The van der Waals surface area contributed by atoms with Crippen molar-refractivity contribution in [3.63, 3.8) is 0 Å². The van der Waals surface area contributed by atoms with Gasteiger partial charge in [-0.3, -0.25) is 0 Å². The van der Waals surface area contributed by atoms with Crippen molar-refractivity contribution < 1.29 is 13.2 Å². The minimum Gasteiger partial charge on any atom is -0.233 e. The molecule has 0 radical (unpaired) electrons. The van der Waals surface area contributed by atoms with E-state index in [9.17, 15) is 13.2 Å². The van der Waals surface area contributed by atoms with Gasteiger partial charge in [0.1, 0.15) is 5.15 Å². The van der Waals surface area contributed by atoms with Gasteiger partial charge in [-0.05, 0) is 30.7 Å². The summed E-state index contributed by atoms with van der Waals surface area (Å²) < 4.78 is 39.8.